The summed E-state index contributed by atoms with van der Waals surface area (Å²) in [6, 6.07) is 7.08. The van der Waals surface area contributed by atoms with Crippen molar-refractivity contribution in [2.45, 2.75) is 0 Å². The van der Waals surface area contributed by atoms with Crippen LogP contribution < -0.4 is 0 Å². The Morgan fingerprint density at radius 3 is 2.41 bits per heavy atom. The number of nitrogens with zero attached hydrogens (tertiary/aromatic N) is 2. The number of aromatic nitrogens is 2. The molecule has 0 atom stereocenters. The number of rotatable bonds is 2. The van der Waals surface area contributed by atoms with Crippen LogP contribution in [0.5, 0.6) is 0 Å². The van der Waals surface area contributed by atoms with Gasteiger partial charge in [-0.05, 0) is 29.3 Å². The van der Waals surface area contributed by atoms with E-state index in [0.29, 0.717) is 11.1 Å². The molecule has 0 aliphatic carbocycles. The summed E-state index contributed by atoms with van der Waals surface area (Å²) in [5.74, 6) is 0. The SMILES string of the molecule is [2H]c1cc(-c2cc([2H])c([2H])c([2H])c2)ccc1-n1nc([2H])c([2H])c1[2H]. The summed E-state index contributed by atoms with van der Waals surface area (Å²) in [5, 5.41) is 3.79. The Labute approximate surface area is 110 Å². The van der Waals surface area contributed by atoms with Crippen molar-refractivity contribution in [3.8, 4) is 16.8 Å². The molecule has 3 aromatic rings. The van der Waals surface area contributed by atoms with E-state index in [1.165, 1.54) is 18.2 Å². The third-order valence-corrected chi connectivity index (χ3v) is 2.33. The quantitative estimate of drug-likeness (QED) is 0.654. The van der Waals surface area contributed by atoms with Gasteiger partial charge in [-0.1, -0.05) is 42.4 Å². The van der Waals surface area contributed by atoms with E-state index in [-0.39, 0.29) is 48.2 Å². The Balaban J connectivity index is 2.09. The Morgan fingerprint density at radius 1 is 0.882 bits per heavy atom. The molecule has 0 saturated carbocycles. The molecule has 0 aliphatic heterocycles. The van der Waals surface area contributed by atoms with Gasteiger partial charge >= 0.3 is 0 Å². The van der Waals surface area contributed by atoms with Gasteiger partial charge in [-0.3, -0.25) is 0 Å². The fraction of sp³-hybridized carbons (Fsp3) is 0. The Bertz CT molecular complexity index is 926. The van der Waals surface area contributed by atoms with Gasteiger partial charge in [0.05, 0.1) is 15.3 Å². The van der Waals surface area contributed by atoms with Crippen LogP contribution in [0.1, 0.15) is 9.60 Å². The molecule has 0 spiro atoms. The van der Waals surface area contributed by atoms with Gasteiger partial charge in [0.25, 0.3) is 0 Å². The maximum Gasteiger partial charge on any atom is 0.0860 e. The number of benzene rings is 2. The molecule has 82 valence electrons. The van der Waals surface area contributed by atoms with E-state index < -0.39 is 0 Å². The van der Waals surface area contributed by atoms with E-state index >= 15 is 0 Å². The monoisotopic (exact) mass is 227 g/mol. The van der Waals surface area contributed by atoms with Crippen LogP contribution in [0.25, 0.3) is 16.8 Å². The molecular formula is C15H12N2. The van der Waals surface area contributed by atoms with Crippen LogP contribution in [0.3, 0.4) is 0 Å². The van der Waals surface area contributed by atoms with E-state index in [2.05, 4.69) is 5.10 Å². The molecular weight excluding hydrogens is 208 g/mol. The van der Waals surface area contributed by atoms with Gasteiger partial charge < -0.3 is 0 Å². The predicted octanol–water partition coefficient (Wildman–Crippen LogP) is 3.54. The first-order valence-electron chi connectivity index (χ1n) is 8.51. The van der Waals surface area contributed by atoms with Crippen LogP contribution in [-0.4, -0.2) is 9.78 Å². The van der Waals surface area contributed by atoms with Crippen molar-refractivity contribution >= 4 is 0 Å². The highest BCUT2D eigenvalue weighted by Crippen LogP contribution is 2.20. The summed E-state index contributed by atoms with van der Waals surface area (Å²) < 4.78 is 55.0. The molecule has 0 unspecified atom stereocenters. The largest absolute Gasteiger partial charge is 0.241 e. The maximum absolute atomic E-state index is 8.13. The fourth-order valence-corrected chi connectivity index (χ4v) is 1.50. The lowest BCUT2D eigenvalue weighted by Crippen LogP contribution is -1.93. The second-order valence-corrected chi connectivity index (χ2v) is 3.38. The highest BCUT2D eigenvalue weighted by Gasteiger charge is 1.98. The first-order chi connectivity index (χ1) is 11.3. The summed E-state index contributed by atoms with van der Waals surface area (Å²) in [6.45, 7) is 0. The lowest BCUT2D eigenvalue weighted by Gasteiger charge is -2.04. The van der Waals surface area contributed by atoms with Crippen LogP contribution in [0, 0.1) is 0 Å². The van der Waals surface area contributed by atoms with Crippen LogP contribution in [0.15, 0.2) is 72.9 Å². The minimum Gasteiger partial charge on any atom is -0.241 e. The normalized spacial score (nSPS) is 16.1. The van der Waals surface area contributed by atoms with Crippen molar-refractivity contribution in [2.75, 3.05) is 0 Å². The minimum atomic E-state index is -0.327. The zero-order chi connectivity index (χ0) is 17.6. The first-order valence-corrected chi connectivity index (χ1v) is 5.01. The summed E-state index contributed by atoms with van der Waals surface area (Å²) in [6.07, 6.45) is -0.589. The van der Waals surface area contributed by atoms with Crippen molar-refractivity contribution in [1.29, 1.82) is 0 Å². The molecule has 2 heteroatoms. The van der Waals surface area contributed by atoms with Crippen molar-refractivity contribution in [3.63, 3.8) is 0 Å². The average molecular weight is 227 g/mol. The van der Waals surface area contributed by atoms with Gasteiger partial charge in [0.2, 0.25) is 0 Å². The number of hydrogen-bond donors (Lipinski definition) is 0. The second-order valence-electron chi connectivity index (χ2n) is 3.38. The average Bonchev–Trinajstić information content (AvgIpc) is 2.79. The third-order valence-electron chi connectivity index (χ3n) is 2.33. The Hall–Kier alpha value is -2.35. The predicted molar refractivity (Wildman–Crippen MR) is 69.0 cm³/mol. The van der Waals surface area contributed by atoms with Crippen molar-refractivity contribution < 1.29 is 9.60 Å². The summed E-state index contributed by atoms with van der Waals surface area (Å²) in [5.41, 5.74) is 1.42. The first kappa shape index (κ1) is 4.88. The van der Waals surface area contributed by atoms with Gasteiger partial charge in [0.1, 0.15) is 0 Å². The zero-order valence-corrected chi connectivity index (χ0v) is 8.78. The Morgan fingerprint density at radius 2 is 1.71 bits per heavy atom. The molecule has 17 heavy (non-hydrogen) atoms. The second kappa shape index (κ2) is 4.26. The lowest BCUT2D eigenvalue weighted by molar-refractivity contribution is 0.881. The van der Waals surface area contributed by atoms with E-state index in [9.17, 15) is 0 Å². The molecule has 0 amide bonds. The summed E-state index contributed by atoms with van der Waals surface area (Å²) in [4.78, 5) is 0. The lowest BCUT2D eigenvalue weighted by atomic mass is 10.1. The standard InChI is InChI=1S/C15H12N2/c1-2-5-13(6-3-1)14-7-9-15(10-8-14)17-12-4-11-16-17/h1-12H/i1D,2D,3D,4D,9D,11D,12D. The third kappa shape index (κ3) is 1.97. The van der Waals surface area contributed by atoms with Crippen LogP contribution in [-0.2, 0) is 0 Å². The summed E-state index contributed by atoms with van der Waals surface area (Å²) in [7, 11) is 0. The molecule has 0 bridgehead atoms. The van der Waals surface area contributed by atoms with Crippen LogP contribution in [0.4, 0.5) is 0 Å². The topological polar surface area (TPSA) is 17.8 Å². The Kier molecular flexibility index (Phi) is 1.22. The van der Waals surface area contributed by atoms with Gasteiger partial charge in [-0.2, -0.15) is 5.10 Å². The van der Waals surface area contributed by atoms with Crippen molar-refractivity contribution in [1.82, 2.24) is 9.78 Å². The highest BCUT2D eigenvalue weighted by atomic mass is 15.3. The molecule has 0 fully saturated rings. The van der Waals surface area contributed by atoms with E-state index in [0.717, 1.165) is 4.68 Å². The maximum atomic E-state index is 8.13. The van der Waals surface area contributed by atoms with Gasteiger partial charge in [-0.25, -0.2) is 4.68 Å². The zero-order valence-electron chi connectivity index (χ0n) is 15.8. The van der Waals surface area contributed by atoms with Gasteiger partial charge in [0.15, 0.2) is 0 Å². The number of hydrogen-bond acceptors (Lipinski definition) is 1. The fourth-order valence-electron chi connectivity index (χ4n) is 1.50. The molecule has 3 rings (SSSR count). The molecule has 1 heterocycles. The van der Waals surface area contributed by atoms with Crippen molar-refractivity contribution in [3.05, 3.63) is 72.9 Å². The van der Waals surface area contributed by atoms with Crippen LogP contribution in [0.2, 0.25) is 0 Å². The van der Waals surface area contributed by atoms with Gasteiger partial charge in [-0.15, -0.1) is 0 Å². The minimum absolute atomic E-state index is 0.0384. The molecule has 0 N–H and O–H groups in total. The highest BCUT2D eigenvalue weighted by molar-refractivity contribution is 5.64. The summed E-state index contributed by atoms with van der Waals surface area (Å²) >= 11 is 0. The van der Waals surface area contributed by atoms with E-state index in [1.54, 1.807) is 12.1 Å². The van der Waals surface area contributed by atoms with E-state index in [1.807, 2.05) is 0 Å². The van der Waals surface area contributed by atoms with E-state index in [4.69, 9.17) is 9.60 Å². The molecule has 2 nitrogen and oxygen atoms in total. The molecule has 2 aromatic carbocycles. The van der Waals surface area contributed by atoms with Crippen LogP contribution >= 0.6 is 0 Å². The molecule has 0 aliphatic rings. The molecule has 0 saturated heterocycles. The molecule has 0 radical (unpaired) electrons. The smallest absolute Gasteiger partial charge is 0.0860 e. The van der Waals surface area contributed by atoms with Gasteiger partial charge in [0, 0.05) is 12.3 Å². The van der Waals surface area contributed by atoms with Crippen molar-refractivity contribution in [2.24, 2.45) is 0 Å². The molecule has 1 aromatic heterocycles.